The highest BCUT2D eigenvalue weighted by Crippen LogP contribution is 2.40. The lowest BCUT2D eigenvalue weighted by molar-refractivity contribution is 0.452. The molecule has 0 bridgehead atoms. The van der Waals surface area contributed by atoms with Crippen LogP contribution in [0.1, 0.15) is 50.8 Å². The average molecular weight is 577 g/mol. The fraction of sp³-hybridized carbons (Fsp3) is 0.406. The molecule has 3 heterocycles. The Morgan fingerprint density at radius 3 is 2.73 bits per heavy atom. The zero-order valence-corrected chi connectivity index (χ0v) is 25.1. The standard InChI is InChI=1S/C32H41ClN6S/c1-5-10-24(8-4)13-16-34-14-9-15-35-19-25-11-12-27(18-25)39-21-29(28-20-36-32(33)38-30(28)39)31-37-26(22-40-31)17-23(6-2)7-3/h5-8,10,20-22,25,27,34-35H,1-2,4,9,11-19H2,3H3/b23-7+,24-10+/t25-,27+/m1/s1. The van der Waals surface area contributed by atoms with Crippen molar-refractivity contribution in [2.45, 2.75) is 51.5 Å². The molecular weight excluding hydrogens is 536 g/mol. The summed E-state index contributed by atoms with van der Waals surface area (Å²) in [6.07, 6.45) is 20.1. The van der Waals surface area contributed by atoms with Crippen LogP contribution < -0.4 is 10.6 Å². The van der Waals surface area contributed by atoms with Gasteiger partial charge in [-0.3, -0.25) is 0 Å². The van der Waals surface area contributed by atoms with E-state index >= 15 is 0 Å². The van der Waals surface area contributed by atoms with Gasteiger partial charge in [-0.05, 0) is 93.9 Å². The number of hydrogen-bond acceptors (Lipinski definition) is 6. The molecule has 3 aromatic heterocycles. The largest absolute Gasteiger partial charge is 0.329 e. The van der Waals surface area contributed by atoms with Crippen molar-refractivity contribution < 1.29 is 0 Å². The highest BCUT2D eigenvalue weighted by molar-refractivity contribution is 7.13. The van der Waals surface area contributed by atoms with Crippen LogP contribution in [-0.2, 0) is 6.42 Å². The quantitative estimate of drug-likeness (QED) is 0.105. The van der Waals surface area contributed by atoms with Crippen molar-refractivity contribution >= 4 is 34.0 Å². The smallest absolute Gasteiger partial charge is 0.224 e. The van der Waals surface area contributed by atoms with Gasteiger partial charge in [-0.1, -0.05) is 50.1 Å². The molecule has 40 heavy (non-hydrogen) atoms. The van der Waals surface area contributed by atoms with E-state index < -0.39 is 0 Å². The second kappa shape index (κ2) is 15.2. The number of fused-ring (bicyclic) bond motifs is 1. The van der Waals surface area contributed by atoms with Crippen LogP contribution >= 0.6 is 22.9 Å². The lowest BCUT2D eigenvalue weighted by Gasteiger charge is -2.15. The van der Waals surface area contributed by atoms with Crippen molar-refractivity contribution in [1.82, 2.24) is 30.2 Å². The zero-order chi connectivity index (χ0) is 28.3. The third kappa shape index (κ3) is 7.88. The van der Waals surface area contributed by atoms with Gasteiger partial charge in [0.05, 0.1) is 5.69 Å². The first-order valence-electron chi connectivity index (χ1n) is 14.2. The summed E-state index contributed by atoms with van der Waals surface area (Å²) in [6, 6.07) is 0.396. The molecule has 0 amide bonds. The Bertz CT molecular complexity index is 1370. The molecule has 4 rings (SSSR count). The molecule has 1 fully saturated rings. The van der Waals surface area contributed by atoms with Gasteiger partial charge in [0.1, 0.15) is 10.7 Å². The number of nitrogens with zero attached hydrogens (tertiary/aromatic N) is 4. The summed E-state index contributed by atoms with van der Waals surface area (Å²) < 4.78 is 2.32. The van der Waals surface area contributed by atoms with E-state index in [1.807, 2.05) is 37.4 Å². The first-order valence-corrected chi connectivity index (χ1v) is 15.4. The lowest BCUT2D eigenvalue weighted by Crippen LogP contribution is -2.26. The normalized spacial score (nSPS) is 17.9. The van der Waals surface area contributed by atoms with Crippen LogP contribution in [0.2, 0.25) is 5.28 Å². The van der Waals surface area contributed by atoms with Gasteiger partial charge >= 0.3 is 0 Å². The molecule has 1 aliphatic carbocycles. The van der Waals surface area contributed by atoms with Gasteiger partial charge in [-0.25, -0.2) is 9.97 Å². The molecule has 1 aliphatic rings. The van der Waals surface area contributed by atoms with Crippen LogP contribution in [0, 0.1) is 5.92 Å². The van der Waals surface area contributed by atoms with Crippen molar-refractivity contribution in [3.8, 4) is 10.6 Å². The van der Waals surface area contributed by atoms with Crippen molar-refractivity contribution in [2.24, 2.45) is 5.92 Å². The summed E-state index contributed by atoms with van der Waals surface area (Å²) in [5, 5.41) is 11.6. The Kier molecular flexibility index (Phi) is 11.5. The number of allylic oxidation sites excluding steroid dienone is 6. The van der Waals surface area contributed by atoms with Crippen LogP contribution in [0.4, 0.5) is 0 Å². The number of halogens is 1. The topological polar surface area (TPSA) is 67.7 Å². The molecule has 0 aromatic carbocycles. The lowest BCUT2D eigenvalue weighted by atomic mass is 10.1. The predicted octanol–water partition coefficient (Wildman–Crippen LogP) is 7.48. The fourth-order valence-corrected chi connectivity index (χ4v) is 6.34. The van der Waals surface area contributed by atoms with E-state index in [0.29, 0.717) is 12.0 Å². The second-order valence-corrected chi connectivity index (χ2v) is 11.5. The summed E-state index contributed by atoms with van der Waals surface area (Å²) in [5.74, 6) is 0.653. The number of thiazole rings is 1. The van der Waals surface area contributed by atoms with Crippen LogP contribution in [0.5, 0.6) is 0 Å². The van der Waals surface area contributed by atoms with Crippen molar-refractivity contribution in [1.29, 1.82) is 0 Å². The van der Waals surface area contributed by atoms with Gasteiger partial charge < -0.3 is 15.2 Å². The molecule has 3 aromatic rings. The predicted molar refractivity (Wildman–Crippen MR) is 171 cm³/mol. The van der Waals surface area contributed by atoms with E-state index in [0.717, 1.165) is 85.6 Å². The Hall–Kier alpha value is -2.84. The average Bonchev–Trinajstić information content (AvgIpc) is 3.71. The summed E-state index contributed by atoms with van der Waals surface area (Å²) in [5.41, 5.74) is 5.43. The molecule has 0 unspecified atom stereocenters. The Morgan fingerprint density at radius 2 is 1.95 bits per heavy atom. The number of rotatable bonds is 16. The molecule has 0 aliphatic heterocycles. The van der Waals surface area contributed by atoms with E-state index in [2.05, 4.69) is 62.6 Å². The molecule has 2 atom stereocenters. The van der Waals surface area contributed by atoms with Crippen molar-refractivity contribution in [3.63, 3.8) is 0 Å². The van der Waals surface area contributed by atoms with E-state index in [4.69, 9.17) is 16.6 Å². The van der Waals surface area contributed by atoms with E-state index in [-0.39, 0.29) is 5.28 Å². The zero-order valence-electron chi connectivity index (χ0n) is 23.5. The van der Waals surface area contributed by atoms with Crippen LogP contribution in [0.25, 0.3) is 21.6 Å². The van der Waals surface area contributed by atoms with Crippen LogP contribution in [-0.4, -0.2) is 45.7 Å². The van der Waals surface area contributed by atoms with E-state index in [9.17, 15) is 0 Å². The molecule has 0 saturated heterocycles. The highest BCUT2D eigenvalue weighted by atomic mass is 35.5. The summed E-state index contributed by atoms with van der Waals surface area (Å²) in [4.78, 5) is 13.9. The highest BCUT2D eigenvalue weighted by Gasteiger charge is 2.28. The number of aromatic nitrogens is 4. The Balaban J connectivity index is 1.31. The summed E-state index contributed by atoms with van der Waals surface area (Å²) in [6.45, 7) is 17.6. The van der Waals surface area contributed by atoms with Crippen LogP contribution in [0.3, 0.4) is 0 Å². The molecule has 212 valence electrons. The fourth-order valence-electron chi connectivity index (χ4n) is 5.36. The minimum absolute atomic E-state index is 0.282. The molecule has 0 spiro atoms. The van der Waals surface area contributed by atoms with Gasteiger partial charge in [0.2, 0.25) is 5.28 Å². The maximum absolute atomic E-state index is 6.25. The monoisotopic (exact) mass is 576 g/mol. The van der Waals surface area contributed by atoms with Crippen molar-refractivity contribution in [2.75, 3.05) is 26.2 Å². The SMILES string of the molecule is C=C/C=C(\C=C)CCNCCCNC[C@@H]1CC[C@H](n2cc(-c3nc(C/C(C=C)=C/C)cs3)c3cnc(Cl)nc32)C1. The minimum Gasteiger partial charge on any atom is -0.329 e. The third-order valence-electron chi connectivity index (χ3n) is 7.57. The first kappa shape index (κ1) is 30.1. The second-order valence-electron chi connectivity index (χ2n) is 10.3. The summed E-state index contributed by atoms with van der Waals surface area (Å²) >= 11 is 7.92. The van der Waals surface area contributed by atoms with Gasteiger partial charge in [0.15, 0.2) is 0 Å². The maximum atomic E-state index is 6.25. The molecule has 2 N–H and O–H groups in total. The minimum atomic E-state index is 0.282. The molecule has 0 radical (unpaired) electrons. The van der Waals surface area contributed by atoms with Gasteiger partial charge in [0.25, 0.3) is 0 Å². The van der Waals surface area contributed by atoms with Gasteiger partial charge in [-0.2, -0.15) is 4.98 Å². The van der Waals surface area contributed by atoms with Crippen LogP contribution in [0.15, 0.2) is 79.0 Å². The number of hydrogen-bond donors (Lipinski definition) is 2. The summed E-state index contributed by atoms with van der Waals surface area (Å²) in [7, 11) is 0. The van der Waals surface area contributed by atoms with Crippen molar-refractivity contribution in [3.05, 3.63) is 90.0 Å². The van der Waals surface area contributed by atoms with E-state index in [1.165, 1.54) is 17.6 Å². The molecule has 1 saturated carbocycles. The van der Waals surface area contributed by atoms with E-state index in [1.54, 1.807) is 11.3 Å². The van der Waals surface area contributed by atoms with Gasteiger partial charge in [0, 0.05) is 41.2 Å². The molecular formula is C32H41ClN6S. The Labute approximate surface area is 247 Å². The molecule has 6 nitrogen and oxygen atoms in total. The Morgan fingerprint density at radius 1 is 1.12 bits per heavy atom. The molecule has 8 heteroatoms. The van der Waals surface area contributed by atoms with Gasteiger partial charge in [-0.15, -0.1) is 11.3 Å². The maximum Gasteiger partial charge on any atom is 0.224 e. The number of nitrogens with one attached hydrogen (secondary N) is 2. The third-order valence-corrected chi connectivity index (χ3v) is 8.68. The first-order chi connectivity index (χ1) is 19.6.